The zero-order chi connectivity index (χ0) is 13.9. The van der Waals surface area contributed by atoms with Gasteiger partial charge in [0.15, 0.2) is 0 Å². The van der Waals surface area contributed by atoms with Crippen LogP contribution in [-0.2, 0) is 4.79 Å². The van der Waals surface area contributed by atoms with Gasteiger partial charge in [-0.2, -0.15) is 0 Å². The van der Waals surface area contributed by atoms with E-state index in [4.69, 9.17) is 5.73 Å². The molecule has 3 rings (SSSR count). The molecule has 2 aliphatic rings. The van der Waals surface area contributed by atoms with Crippen LogP contribution in [0, 0.1) is 0 Å². The largest absolute Gasteiger partial charge is 0.341 e. The van der Waals surface area contributed by atoms with Crippen LogP contribution in [0.1, 0.15) is 24.3 Å². The number of nitrogens with two attached hydrogens (primary N) is 1. The lowest BCUT2D eigenvalue weighted by Crippen LogP contribution is -2.35. The van der Waals surface area contributed by atoms with E-state index >= 15 is 0 Å². The molecule has 1 aromatic carbocycles. The minimum Gasteiger partial charge on any atom is -0.341 e. The van der Waals surface area contributed by atoms with Crippen LogP contribution in [-0.4, -0.2) is 54.5 Å². The van der Waals surface area contributed by atoms with Gasteiger partial charge in [-0.3, -0.25) is 9.69 Å². The first-order chi connectivity index (χ1) is 9.74. The maximum Gasteiger partial charge on any atom is 0.222 e. The SMILES string of the molecule is Cl.N[C@@H]1CN(CCN2CCCC2=O)C[C@H]1c1ccccc1. The second-order valence-corrected chi connectivity index (χ2v) is 5.92. The van der Waals surface area contributed by atoms with E-state index < -0.39 is 0 Å². The molecule has 4 nitrogen and oxygen atoms in total. The molecule has 0 aromatic heterocycles. The molecule has 0 unspecified atom stereocenters. The molecule has 2 fully saturated rings. The first kappa shape index (κ1) is 16.3. The number of benzene rings is 1. The van der Waals surface area contributed by atoms with Crippen LogP contribution < -0.4 is 5.73 Å². The minimum atomic E-state index is 0. The predicted molar refractivity (Wildman–Crippen MR) is 86.7 cm³/mol. The highest BCUT2D eigenvalue weighted by Gasteiger charge is 2.31. The van der Waals surface area contributed by atoms with Crippen molar-refractivity contribution < 1.29 is 4.79 Å². The van der Waals surface area contributed by atoms with Crippen LogP contribution in [0.15, 0.2) is 30.3 Å². The van der Waals surface area contributed by atoms with Crippen LogP contribution in [0.25, 0.3) is 0 Å². The molecular weight excluding hydrogens is 286 g/mol. The number of hydrogen-bond acceptors (Lipinski definition) is 3. The highest BCUT2D eigenvalue weighted by atomic mass is 35.5. The molecule has 1 amide bonds. The van der Waals surface area contributed by atoms with E-state index in [-0.39, 0.29) is 18.4 Å². The van der Waals surface area contributed by atoms with Crippen molar-refractivity contribution in [2.75, 3.05) is 32.7 Å². The summed E-state index contributed by atoms with van der Waals surface area (Å²) in [6, 6.07) is 10.7. The van der Waals surface area contributed by atoms with Crippen molar-refractivity contribution in [3.05, 3.63) is 35.9 Å². The first-order valence-corrected chi connectivity index (χ1v) is 7.54. The van der Waals surface area contributed by atoms with Crippen molar-refractivity contribution in [2.45, 2.75) is 24.8 Å². The molecule has 0 saturated carbocycles. The smallest absolute Gasteiger partial charge is 0.222 e. The van der Waals surface area contributed by atoms with Gasteiger partial charge in [-0.05, 0) is 12.0 Å². The molecule has 0 radical (unpaired) electrons. The Morgan fingerprint density at radius 3 is 2.57 bits per heavy atom. The van der Waals surface area contributed by atoms with E-state index in [1.165, 1.54) is 5.56 Å². The van der Waals surface area contributed by atoms with Crippen LogP contribution >= 0.6 is 12.4 Å². The lowest BCUT2D eigenvalue weighted by atomic mass is 9.95. The monoisotopic (exact) mass is 309 g/mol. The topological polar surface area (TPSA) is 49.6 Å². The molecule has 2 heterocycles. The van der Waals surface area contributed by atoms with Crippen molar-refractivity contribution in [3.8, 4) is 0 Å². The Labute approximate surface area is 132 Å². The Morgan fingerprint density at radius 1 is 1.14 bits per heavy atom. The lowest BCUT2D eigenvalue weighted by Gasteiger charge is -2.21. The number of amides is 1. The van der Waals surface area contributed by atoms with Crippen LogP contribution in [0.5, 0.6) is 0 Å². The number of carbonyl (C=O) groups is 1. The number of hydrogen-bond donors (Lipinski definition) is 1. The molecule has 5 heteroatoms. The molecule has 21 heavy (non-hydrogen) atoms. The Morgan fingerprint density at radius 2 is 1.90 bits per heavy atom. The zero-order valence-corrected chi connectivity index (χ0v) is 13.1. The van der Waals surface area contributed by atoms with Gasteiger partial charge in [0, 0.05) is 51.1 Å². The highest BCUT2D eigenvalue weighted by Crippen LogP contribution is 2.26. The van der Waals surface area contributed by atoms with Crippen molar-refractivity contribution in [3.63, 3.8) is 0 Å². The van der Waals surface area contributed by atoms with E-state index in [1.807, 2.05) is 11.0 Å². The van der Waals surface area contributed by atoms with E-state index in [0.29, 0.717) is 11.8 Å². The van der Waals surface area contributed by atoms with Gasteiger partial charge in [0.25, 0.3) is 0 Å². The number of nitrogens with zero attached hydrogens (tertiary/aromatic N) is 2. The van der Waals surface area contributed by atoms with Crippen molar-refractivity contribution >= 4 is 18.3 Å². The van der Waals surface area contributed by atoms with E-state index in [0.717, 1.165) is 45.6 Å². The summed E-state index contributed by atoms with van der Waals surface area (Å²) in [5.74, 6) is 0.735. The second kappa shape index (κ2) is 7.25. The number of halogens is 1. The number of likely N-dealkylation sites (tertiary alicyclic amines) is 2. The van der Waals surface area contributed by atoms with Crippen LogP contribution in [0.2, 0.25) is 0 Å². The molecule has 2 saturated heterocycles. The Bertz CT molecular complexity index is 468. The molecule has 2 atom stereocenters. The van der Waals surface area contributed by atoms with Crippen LogP contribution in [0.4, 0.5) is 0 Å². The first-order valence-electron chi connectivity index (χ1n) is 7.54. The number of rotatable bonds is 4. The molecule has 1 aromatic rings. The summed E-state index contributed by atoms with van der Waals surface area (Å²) in [6.45, 7) is 4.67. The highest BCUT2D eigenvalue weighted by molar-refractivity contribution is 5.85. The summed E-state index contributed by atoms with van der Waals surface area (Å²) in [7, 11) is 0. The summed E-state index contributed by atoms with van der Waals surface area (Å²) >= 11 is 0. The van der Waals surface area contributed by atoms with E-state index in [9.17, 15) is 4.79 Å². The average molecular weight is 310 g/mol. The average Bonchev–Trinajstić information content (AvgIpc) is 3.03. The van der Waals surface area contributed by atoms with Gasteiger partial charge < -0.3 is 10.6 Å². The second-order valence-electron chi connectivity index (χ2n) is 5.92. The van der Waals surface area contributed by atoms with Gasteiger partial charge in [0.05, 0.1) is 0 Å². The quantitative estimate of drug-likeness (QED) is 0.916. The van der Waals surface area contributed by atoms with E-state index in [1.54, 1.807) is 0 Å². The Balaban J connectivity index is 0.00000161. The van der Waals surface area contributed by atoms with Gasteiger partial charge in [-0.15, -0.1) is 12.4 Å². The fraction of sp³-hybridized carbons (Fsp3) is 0.562. The minimum absolute atomic E-state index is 0. The molecule has 116 valence electrons. The Kier molecular flexibility index (Phi) is 5.62. The molecule has 2 aliphatic heterocycles. The molecule has 0 bridgehead atoms. The summed E-state index contributed by atoms with van der Waals surface area (Å²) in [5, 5.41) is 0. The van der Waals surface area contributed by atoms with E-state index in [2.05, 4.69) is 29.2 Å². The van der Waals surface area contributed by atoms with Crippen molar-refractivity contribution in [1.29, 1.82) is 0 Å². The van der Waals surface area contributed by atoms with Gasteiger partial charge in [0.2, 0.25) is 5.91 Å². The summed E-state index contributed by atoms with van der Waals surface area (Å²) in [5.41, 5.74) is 7.62. The normalized spacial score (nSPS) is 26.1. The standard InChI is InChI=1S/C16H23N3O.ClH/c17-15-12-18(9-10-19-8-4-7-16(19)20)11-14(15)13-5-2-1-3-6-13;/h1-3,5-6,14-15H,4,7-12,17H2;1H/t14-,15+;/m0./s1. The maximum atomic E-state index is 11.6. The van der Waals surface area contributed by atoms with Gasteiger partial charge in [-0.1, -0.05) is 30.3 Å². The number of carbonyl (C=O) groups excluding carboxylic acids is 1. The third kappa shape index (κ3) is 3.76. The fourth-order valence-corrected chi connectivity index (χ4v) is 3.35. The fourth-order valence-electron chi connectivity index (χ4n) is 3.35. The third-order valence-electron chi connectivity index (χ3n) is 4.53. The van der Waals surface area contributed by atoms with Gasteiger partial charge in [0.1, 0.15) is 0 Å². The summed E-state index contributed by atoms with van der Waals surface area (Å²) in [6.07, 6.45) is 1.75. The van der Waals surface area contributed by atoms with Crippen LogP contribution in [0.3, 0.4) is 0 Å². The molecular formula is C16H24ClN3O. The molecule has 2 N–H and O–H groups in total. The lowest BCUT2D eigenvalue weighted by molar-refractivity contribution is -0.127. The van der Waals surface area contributed by atoms with Gasteiger partial charge in [-0.25, -0.2) is 0 Å². The maximum absolute atomic E-state index is 11.6. The van der Waals surface area contributed by atoms with Crippen molar-refractivity contribution in [1.82, 2.24) is 9.80 Å². The zero-order valence-electron chi connectivity index (χ0n) is 12.3. The predicted octanol–water partition coefficient (Wildman–Crippen LogP) is 1.46. The summed E-state index contributed by atoms with van der Waals surface area (Å²) < 4.78 is 0. The van der Waals surface area contributed by atoms with Crippen molar-refractivity contribution in [2.24, 2.45) is 5.73 Å². The Hall–Kier alpha value is -1.10. The third-order valence-corrected chi connectivity index (χ3v) is 4.53. The molecule has 0 aliphatic carbocycles. The summed E-state index contributed by atoms with van der Waals surface area (Å²) in [4.78, 5) is 16.0. The van der Waals surface area contributed by atoms with Gasteiger partial charge >= 0.3 is 0 Å². The molecule has 0 spiro atoms.